The summed E-state index contributed by atoms with van der Waals surface area (Å²) in [5, 5.41) is 17.3. The minimum absolute atomic E-state index is 0.0181. The number of nitrogens with zero attached hydrogens (tertiary/aromatic N) is 2. The molecule has 0 saturated heterocycles. The van der Waals surface area contributed by atoms with Gasteiger partial charge in [-0.2, -0.15) is 0 Å². The van der Waals surface area contributed by atoms with Gasteiger partial charge in [-0.05, 0) is 43.2 Å². The molecule has 0 aliphatic heterocycles. The lowest BCUT2D eigenvalue weighted by molar-refractivity contribution is -0.525. The van der Waals surface area contributed by atoms with Crippen LogP contribution in [0.5, 0.6) is 0 Å². The summed E-state index contributed by atoms with van der Waals surface area (Å²) in [5.74, 6) is -1.79. The highest BCUT2D eigenvalue weighted by Gasteiger charge is 2.27. The van der Waals surface area contributed by atoms with Crippen LogP contribution in [0.2, 0.25) is 0 Å². The minimum atomic E-state index is -1.09. The van der Waals surface area contributed by atoms with Crippen LogP contribution in [-0.2, 0) is 37.0 Å². The number of hydrogen-bond acceptors (Lipinski definition) is 10. The van der Waals surface area contributed by atoms with Crippen molar-refractivity contribution in [3.63, 3.8) is 0 Å². The summed E-state index contributed by atoms with van der Waals surface area (Å²) in [5.41, 5.74) is 8.69. The predicted octanol–water partition coefficient (Wildman–Crippen LogP) is 1.91. The van der Waals surface area contributed by atoms with E-state index in [1.807, 2.05) is 36.4 Å². The van der Waals surface area contributed by atoms with Crippen molar-refractivity contribution in [3.05, 3.63) is 81.9 Å². The molecule has 244 valence electrons. The highest BCUT2D eigenvalue weighted by molar-refractivity contribution is 5.89. The van der Waals surface area contributed by atoms with Crippen molar-refractivity contribution in [1.82, 2.24) is 21.4 Å². The van der Waals surface area contributed by atoms with Gasteiger partial charge in [0, 0.05) is 13.1 Å². The molecule has 0 aliphatic rings. The summed E-state index contributed by atoms with van der Waals surface area (Å²) in [6.07, 6.45) is -0.0819. The lowest BCUT2D eigenvalue weighted by Crippen LogP contribution is -2.52. The second-order valence-electron chi connectivity index (χ2n) is 9.61. The maximum atomic E-state index is 13.2. The first-order chi connectivity index (χ1) is 21.7. The number of nitrogens with two attached hydrogens (primary N) is 1. The van der Waals surface area contributed by atoms with Crippen LogP contribution in [0.15, 0.2) is 65.7 Å². The van der Waals surface area contributed by atoms with Crippen LogP contribution in [0.1, 0.15) is 43.2 Å². The largest absolute Gasteiger partial charge is 0.467 e. The quantitative estimate of drug-likeness (QED) is 0.0304. The predicted molar refractivity (Wildman–Crippen MR) is 162 cm³/mol. The normalized spacial score (nSPS) is 12.2. The monoisotopic (exact) mass is 629 g/mol. The van der Waals surface area contributed by atoms with E-state index in [2.05, 4.69) is 20.9 Å². The first-order valence-corrected chi connectivity index (χ1v) is 14.2. The van der Waals surface area contributed by atoms with Gasteiger partial charge in [-0.3, -0.25) is 4.79 Å². The number of methoxy groups -OCH3 is 1. The van der Waals surface area contributed by atoms with E-state index in [4.69, 9.17) is 19.9 Å². The summed E-state index contributed by atoms with van der Waals surface area (Å²) in [4.78, 5) is 64.4. The molecular weight excluding hydrogens is 590 g/mol. The van der Waals surface area contributed by atoms with Gasteiger partial charge in [-0.25, -0.2) is 29.5 Å². The number of rotatable bonds is 18. The Labute approximate surface area is 260 Å². The van der Waals surface area contributed by atoms with Gasteiger partial charge in [-0.1, -0.05) is 66.1 Å². The fraction of sp³-hybridized carbons (Fsp3) is 0.414. The molecule has 0 aliphatic carbocycles. The number of hydrazine groups is 1. The Morgan fingerprint density at radius 2 is 1.42 bits per heavy atom. The lowest BCUT2D eigenvalue weighted by Gasteiger charge is -2.22. The van der Waals surface area contributed by atoms with Crippen molar-refractivity contribution >= 4 is 30.0 Å². The maximum Gasteiger partial charge on any atom is 0.408 e. The number of aliphatic imine (C=N–C) groups is 1. The van der Waals surface area contributed by atoms with Crippen molar-refractivity contribution in [2.75, 3.05) is 20.2 Å². The van der Waals surface area contributed by atoms with Crippen LogP contribution in [-0.4, -0.2) is 67.3 Å². The molecular formula is C29H39N7O9. The third-order valence-electron chi connectivity index (χ3n) is 6.16. The molecule has 0 bridgehead atoms. The molecule has 0 aromatic heterocycles. The van der Waals surface area contributed by atoms with Gasteiger partial charge < -0.3 is 35.9 Å². The Morgan fingerprint density at radius 1 is 0.844 bits per heavy atom. The number of hydrogen-bond donors (Lipinski definition) is 5. The number of ether oxygens (including phenoxy) is 3. The van der Waals surface area contributed by atoms with E-state index in [9.17, 15) is 29.3 Å². The van der Waals surface area contributed by atoms with E-state index >= 15 is 0 Å². The summed E-state index contributed by atoms with van der Waals surface area (Å²) in [6.45, 7) is 0.404. The number of carbonyl (C=O) groups excluding carboxylic acids is 4. The molecule has 0 fully saturated rings. The fourth-order valence-corrected chi connectivity index (χ4v) is 3.90. The molecule has 0 heterocycles. The van der Waals surface area contributed by atoms with Gasteiger partial charge in [0.15, 0.2) is 5.03 Å². The molecule has 0 radical (unpaired) electrons. The van der Waals surface area contributed by atoms with Gasteiger partial charge >= 0.3 is 18.2 Å². The molecule has 2 aromatic carbocycles. The third kappa shape index (κ3) is 15.6. The van der Waals surface area contributed by atoms with Crippen LogP contribution in [0.4, 0.5) is 9.59 Å². The van der Waals surface area contributed by atoms with Crippen molar-refractivity contribution in [3.8, 4) is 0 Å². The molecule has 2 aromatic rings. The van der Waals surface area contributed by atoms with E-state index in [1.54, 1.807) is 29.7 Å². The average Bonchev–Trinajstić information content (AvgIpc) is 3.03. The van der Waals surface area contributed by atoms with E-state index in [0.29, 0.717) is 12.8 Å². The van der Waals surface area contributed by atoms with Crippen LogP contribution >= 0.6 is 0 Å². The number of nitrogens with one attached hydrogen (secondary N) is 4. The minimum Gasteiger partial charge on any atom is -0.467 e. The van der Waals surface area contributed by atoms with Crippen LogP contribution in [0.25, 0.3) is 0 Å². The Hall–Kier alpha value is -5.41. The summed E-state index contributed by atoms with van der Waals surface area (Å²) < 4.78 is 15.2. The molecule has 0 unspecified atom stereocenters. The number of esters is 1. The first kappa shape index (κ1) is 35.8. The Bertz CT molecular complexity index is 1260. The zero-order valence-corrected chi connectivity index (χ0v) is 24.9. The smallest absolute Gasteiger partial charge is 0.408 e. The number of guanidine groups is 1. The Balaban J connectivity index is 1.92. The number of nitro groups is 1. The molecule has 3 amide bonds. The molecule has 2 atom stereocenters. The summed E-state index contributed by atoms with van der Waals surface area (Å²) >= 11 is 0. The van der Waals surface area contributed by atoms with Gasteiger partial charge in [0.05, 0.1) is 7.11 Å². The van der Waals surface area contributed by atoms with Gasteiger partial charge in [-0.15, -0.1) is 0 Å². The van der Waals surface area contributed by atoms with Gasteiger partial charge in [0.2, 0.25) is 5.91 Å². The zero-order valence-electron chi connectivity index (χ0n) is 24.9. The van der Waals surface area contributed by atoms with Crippen molar-refractivity contribution in [1.29, 1.82) is 0 Å². The molecule has 6 N–H and O–H groups in total. The number of unbranched alkanes of at least 4 members (excludes halogenated alkanes) is 1. The van der Waals surface area contributed by atoms with Crippen LogP contribution in [0, 0.1) is 10.1 Å². The molecule has 16 heteroatoms. The fourth-order valence-electron chi connectivity index (χ4n) is 3.90. The van der Waals surface area contributed by atoms with Crippen molar-refractivity contribution < 1.29 is 38.4 Å². The lowest BCUT2D eigenvalue weighted by atomic mass is 10.1. The maximum absolute atomic E-state index is 13.2. The zero-order chi connectivity index (χ0) is 32.9. The standard InChI is InChI=1S/C29H39N7O9/c1-43-26(38)24(16-10-18-31-27(30)35-36(41)42)33-25(37)23(34-29(40)45-20-22-13-6-3-7-14-22)15-8-9-17-32-28(39)44-19-21-11-4-2-5-12-21/h2-7,11-14,23-24H,8-10,15-20H2,1H3,(H,32,39)(H,33,37)(H,34,40)(H3,30,31,35)/t23-,24+/m0/s1. The second kappa shape index (κ2) is 20.5. The molecule has 2 rings (SSSR count). The van der Waals surface area contributed by atoms with Gasteiger partial charge in [0.1, 0.15) is 25.3 Å². The molecule has 0 saturated carbocycles. The highest BCUT2D eigenvalue weighted by atomic mass is 16.7. The summed E-state index contributed by atoms with van der Waals surface area (Å²) in [7, 11) is 1.16. The second-order valence-corrected chi connectivity index (χ2v) is 9.61. The Morgan fingerprint density at radius 3 is 2.00 bits per heavy atom. The number of alkyl carbamates (subject to hydrolysis) is 2. The third-order valence-corrected chi connectivity index (χ3v) is 6.16. The molecule has 0 spiro atoms. The SMILES string of the molecule is COC(=O)[C@@H](CCCN=C(N)N[N+](=O)[O-])NC(=O)[C@H](CCCCNC(=O)OCc1ccccc1)NC(=O)OCc1ccccc1. The molecule has 16 nitrogen and oxygen atoms in total. The molecule has 45 heavy (non-hydrogen) atoms. The van der Waals surface area contributed by atoms with E-state index in [-0.39, 0.29) is 45.6 Å². The van der Waals surface area contributed by atoms with E-state index in [1.165, 1.54) is 0 Å². The Kier molecular flexibility index (Phi) is 16.3. The first-order valence-electron chi connectivity index (χ1n) is 14.2. The van der Waals surface area contributed by atoms with Gasteiger partial charge in [0.25, 0.3) is 5.96 Å². The van der Waals surface area contributed by atoms with Crippen LogP contribution in [0.3, 0.4) is 0 Å². The average molecular weight is 630 g/mol. The number of benzene rings is 2. The van der Waals surface area contributed by atoms with Crippen molar-refractivity contribution in [2.24, 2.45) is 10.7 Å². The highest BCUT2D eigenvalue weighted by Crippen LogP contribution is 2.07. The summed E-state index contributed by atoms with van der Waals surface area (Å²) in [6, 6.07) is 16.0. The number of amides is 3. The van der Waals surface area contributed by atoms with Crippen molar-refractivity contribution in [2.45, 2.75) is 57.4 Å². The van der Waals surface area contributed by atoms with E-state index in [0.717, 1.165) is 18.2 Å². The van der Waals surface area contributed by atoms with Crippen LogP contribution < -0.4 is 27.1 Å². The topological polar surface area (TPSA) is 226 Å². The van der Waals surface area contributed by atoms with E-state index < -0.39 is 47.1 Å². The number of carbonyl (C=O) groups is 4.